The predicted molar refractivity (Wildman–Crippen MR) is 109 cm³/mol. The van der Waals surface area contributed by atoms with E-state index in [9.17, 15) is 14.0 Å². The van der Waals surface area contributed by atoms with Gasteiger partial charge in [0.25, 0.3) is 11.1 Å². The third-order valence-corrected chi connectivity index (χ3v) is 5.29. The monoisotopic (exact) mass is 393 g/mol. The van der Waals surface area contributed by atoms with Crippen molar-refractivity contribution in [2.24, 2.45) is 0 Å². The molecule has 0 bridgehead atoms. The first kappa shape index (κ1) is 18.3. The molecule has 4 rings (SSSR count). The first-order chi connectivity index (χ1) is 13.6. The number of amides is 2. The lowest BCUT2D eigenvalue weighted by molar-refractivity contribution is -0.123. The van der Waals surface area contributed by atoms with Crippen molar-refractivity contribution >= 4 is 39.8 Å². The number of carbonyl (C=O) groups excluding carboxylic acids is 2. The van der Waals surface area contributed by atoms with Gasteiger partial charge in [-0.15, -0.1) is 0 Å². The van der Waals surface area contributed by atoms with Crippen LogP contribution in [-0.2, 0) is 4.79 Å². The highest BCUT2D eigenvalue weighted by atomic mass is 32.2. The van der Waals surface area contributed by atoms with Crippen molar-refractivity contribution in [2.45, 2.75) is 0 Å². The predicted octanol–water partition coefficient (Wildman–Crippen LogP) is 5.09. The maximum atomic E-state index is 12.9. The van der Waals surface area contributed by atoms with Crippen molar-refractivity contribution < 1.29 is 18.7 Å². The zero-order valence-corrected chi connectivity index (χ0v) is 15.6. The molecule has 0 N–H and O–H groups in total. The highest BCUT2D eigenvalue weighted by molar-refractivity contribution is 8.18. The molecule has 3 aromatic rings. The number of hydrogen-bond acceptors (Lipinski definition) is 4. The smallest absolute Gasteiger partial charge is 0.293 e. The van der Waals surface area contributed by atoms with Gasteiger partial charge in [-0.2, -0.15) is 0 Å². The molecule has 0 radical (unpaired) electrons. The summed E-state index contributed by atoms with van der Waals surface area (Å²) in [5.41, 5.74) is 0.895. The van der Waals surface area contributed by atoms with Crippen molar-refractivity contribution in [3.8, 4) is 5.75 Å². The summed E-state index contributed by atoms with van der Waals surface area (Å²) in [5, 5.41) is 1.78. The molecule has 1 aliphatic heterocycles. The number of imide groups is 1. The first-order valence-corrected chi connectivity index (χ1v) is 9.55. The maximum absolute atomic E-state index is 12.9. The van der Waals surface area contributed by atoms with Gasteiger partial charge in [0.1, 0.15) is 18.2 Å². The Hall–Kier alpha value is -3.12. The van der Waals surface area contributed by atoms with Crippen LogP contribution in [0.15, 0.2) is 71.6 Å². The number of nitrogens with zero attached hydrogens (tertiary/aromatic N) is 1. The normalized spacial score (nSPS) is 15.6. The summed E-state index contributed by atoms with van der Waals surface area (Å²) in [6.45, 7) is 0.278. The van der Waals surface area contributed by atoms with Crippen LogP contribution in [0.2, 0.25) is 0 Å². The van der Waals surface area contributed by atoms with Gasteiger partial charge in [-0.3, -0.25) is 14.5 Å². The van der Waals surface area contributed by atoms with E-state index in [0.717, 1.165) is 28.1 Å². The molecule has 0 atom stereocenters. The molecule has 3 aromatic carbocycles. The van der Waals surface area contributed by atoms with E-state index < -0.39 is 0 Å². The van der Waals surface area contributed by atoms with Gasteiger partial charge >= 0.3 is 0 Å². The molecule has 0 aromatic heterocycles. The first-order valence-electron chi connectivity index (χ1n) is 8.73. The van der Waals surface area contributed by atoms with Crippen LogP contribution in [0, 0.1) is 5.82 Å². The Morgan fingerprint density at radius 2 is 1.71 bits per heavy atom. The third-order valence-electron chi connectivity index (χ3n) is 4.38. The van der Waals surface area contributed by atoms with Crippen molar-refractivity contribution in [3.63, 3.8) is 0 Å². The van der Waals surface area contributed by atoms with Crippen LogP contribution in [-0.4, -0.2) is 29.2 Å². The number of benzene rings is 3. The molecule has 28 heavy (non-hydrogen) atoms. The van der Waals surface area contributed by atoms with Crippen LogP contribution in [0.5, 0.6) is 5.75 Å². The summed E-state index contributed by atoms with van der Waals surface area (Å²) in [7, 11) is 0. The summed E-state index contributed by atoms with van der Waals surface area (Å²) >= 11 is 0.927. The second-order valence-corrected chi connectivity index (χ2v) is 7.20. The number of rotatable bonds is 5. The molecule has 4 nitrogen and oxygen atoms in total. The Bertz CT molecular complexity index is 1070. The van der Waals surface area contributed by atoms with E-state index in [4.69, 9.17) is 4.74 Å². The number of fused-ring (bicyclic) bond motifs is 1. The molecule has 1 aliphatic rings. The van der Waals surface area contributed by atoms with Crippen molar-refractivity contribution in [1.82, 2.24) is 4.90 Å². The molecule has 1 fully saturated rings. The average Bonchev–Trinajstić information content (AvgIpc) is 2.97. The Balaban J connectivity index is 1.47. The number of halogens is 1. The van der Waals surface area contributed by atoms with Crippen LogP contribution in [0.3, 0.4) is 0 Å². The lowest BCUT2D eigenvalue weighted by Gasteiger charge is -2.13. The highest BCUT2D eigenvalue weighted by Gasteiger charge is 2.34. The van der Waals surface area contributed by atoms with Crippen LogP contribution >= 0.6 is 11.8 Å². The summed E-state index contributed by atoms with van der Waals surface area (Å²) < 4.78 is 18.4. The second kappa shape index (κ2) is 7.86. The van der Waals surface area contributed by atoms with E-state index in [0.29, 0.717) is 10.7 Å². The second-order valence-electron chi connectivity index (χ2n) is 6.20. The minimum Gasteiger partial charge on any atom is -0.492 e. The van der Waals surface area contributed by atoms with E-state index in [1.165, 1.54) is 29.2 Å². The highest BCUT2D eigenvalue weighted by Crippen LogP contribution is 2.33. The van der Waals surface area contributed by atoms with E-state index in [-0.39, 0.29) is 30.1 Å². The van der Waals surface area contributed by atoms with E-state index in [1.54, 1.807) is 6.08 Å². The van der Waals surface area contributed by atoms with Crippen molar-refractivity contribution in [3.05, 3.63) is 83.0 Å². The Kier molecular flexibility index (Phi) is 5.12. The van der Waals surface area contributed by atoms with Crippen LogP contribution < -0.4 is 4.74 Å². The van der Waals surface area contributed by atoms with Gasteiger partial charge in [0, 0.05) is 0 Å². The fraction of sp³-hybridized carbons (Fsp3) is 0.0909. The molecule has 0 saturated carbocycles. The zero-order chi connectivity index (χ0) is 19.5. The maximum Gasteiger partial charge on any atom is 0.293 e. The average molecular weight is 393 g/mol. The fourth-order valence-corrected chi connectivity index (χ4v) is 3.85. The summed E-state index contributed by atoms with van der Waals surface area (Å²) in [6.07, 6.45) is 1.76. The molecule has 0 unspecified atom stereocenters. The lowest BCUT2D eigenvalue weighted by atomic mass is 10.0. The van der Waals surface area contributed by atoms with E-state index in [2.05, 4.69) is 0 Å². The van der Waals surface area contributed by atoms with Gasteiger partial charge in [-0.05, 0) is 58.4 Å². The largest absolute Gasteiger partial charge is 0.492 e. The summed E-state index contributed by atoms with van der Waals surface area (Å²) in [5.74, 6) is -0.192. The molecule has 0 aliphatic carbocycles. The Labute approximate surface area is 165 Å². The molecule has 1 heterocycles. The number of thioether (sulfide) groups is 1. The Morgan fingerprint density at radius 3 is 2.54 bits per heavy atom. The van der Waals surface area contributed by atoms with Crippen LogP contribution in [0.25, 0.3) is 16.8 Å². The van der Waals surface area contributed by atoms with Gasteiger partial charge in [0.15, 0.2) is 0 Å². The van der Waals surface area contributed by atoms with Crippen molar-refractivity contribution in [1.29, 1.82) is 0 Å². The van der Waals surface area contributed by atoms with Gasteiger partial charge in [-0.25, -0.2) is 4.39 Å². The molecule has 140 valence electrons. The SMILES string of the molecule is O=C1S/C(=C\c2cccc3ccccc23)C(=O)N1CCOc1ccc(F)cc1. The summed E-state index contributed by atoms with van der Waals surface area (Å²) in [6, 6.07) is 19.3. The zero-order valence-electron chi connectivity index (χ0n) is 14.8. The summed E-state index contributed by atoms with van der Waals surface area (Å²) in [4.78, 5) is 26.5. The quantitative estimate of drug-likeness (QED) is 0.566. The van der Waals surface area contributed by atoms with Gasteiger partial charge < -0.3 is 4.74 Å². The number of hydrogen-bond donors (Lipinski definition) is 0. The number of ether oxygens (including phenoxy) is 1. The fourth-order valence-electron chi connectivity index (χ4n) is 3.00. The van der Waals surface area contributed by atoms with Gasteiger partial charge in [-0.1, -0.05) is 42.5 Å². The molecular formula is C22H16FNO3S. The molecule has 0 spiro atoms. The topological polar surface area (TPSA) is 46.6 Å². The van der Waals surface area contributed by atoms with Crippen molar-refractivity contribution in [2.75, 3.05) is 13.2 Å². The van der Waals surface area contributed by atoms with Gasteiger partial charge in [0.2, 0.25) is 0 Å². The van der Waals surface area contributed by atoms with Crippen LogP contribution in [0.4, 0.5) is 9.18 Å². The molecule has 6 heteroatoms. The van der Waals surface area contributed by atoms with Crippen LogP contribution in [0.1, 0.15) is 5.56 Å². The van der Waals surface area contributed by atoms with Gasteiger partial charge in [0.05, 0.1) is 11.4 Å². The van der Waals surface area contributed by atoms with E-state index >= 15 is 0 Å². The minimum absolute atomic E-state index is 0.134. The third kappa shape index (κ3) is 3.77. The standard InChI is InChI=1S/C22H16FNO3S/c23-17-8-10-18(11-9-17)27-13-12-24-21(25)20(28-22(24)26)14-16-6-3-5-15-4-1-2-7-19(15)16/h1-11,14H,12-13H2/b20-14-. The Morgan fingerprint density at radius 1 is 0.964 bits per heavy atom. The van der Waals surface area contributed by atoms with E-state index in [1.807, 2.05) is 42.5 Å². The molecule has 2 amide bonds. The number of carbonyl (C=O) groups is 2. The minimum atomic E-state index is -0.350. The molecule has 1 saturated heterocycles. The lowest BCUT2D eigenvalue weighted by Crippen LogP contribution is -2.32. The molecular weight excluding hydrogens is 377 g/mol.